The number of rotatable bonds is 10. The monoisotopic (exact) mass is 532 g/mol. The summed E-state index contributed by atoms with van der Waals surface area (Å²) in [5.41, 5.74) is 1.35. The molecule has 0 aliphatic heterocycles. The lowest BCUT2D eigenvalue weighted by Crippen LogP contribution is -2.38. The smallest absolute Gasteiger partial charge is 0.229 e. The second-order valence-electron chi connectivity index (χ2n) is 6.17. The van der Waals surface area contributed by atoms with Gasteiger partial charge in [-0.25, -0.2) is 13.4 Å². The Hall–Kier alpha value is -2.01. The fraction of sp³-hybridized carbons (Fsp3) is 0.350. The van der Waals surface area contributed by atoms with Crippen molar-refractivity contribution in [1.29, 1.82) is 0 Å². The van der Waals surface area contributed by atoms with Crippen molar-refractivity contribution in [2.24, 2.45) is 4.99 Å². The molecule has 0 radical (unpaired) electrons. The summed E-state index contributed by atoms with van der Waals surface area (Å²) in [7, 11) is -3.34. The molecule has 0 saturated carbocycles. The Morgan fingerprint density at radius 2 is 1.72 bits per heavy atom. The van der Waals surface area contributed by atoms with Gasteiger partial charge in [-0.1, -0.05) is 36.4 Å². The maximum absolute atomic E-state index is 11.5. The van der Waals surface area contributed by atoms with Crippen LogP contribution < -0.4 is 20.1 Å². The Morgan fingerprint density at radius 3 is 2.41 bits per heavy atom. The maximum atomic E-state index is 11.5. The Balaban J connectivity index is 0.00000420. The molecule has 9 heteroatoms. The fourth-order valence-electron chi connectivity index (χ4n) is 2.45. The second kappa shape index (κ2) is 13.3. The van der Waals surface area contributed by atoms with E-state index >= 15 is 0 Å². The minimum absolute atomic E-state index is 0. The van der Waals surface area contributed by atoms with Gasteiger partial charge >= 0.3 is 0 Å². The van der Waals surface area contributed by atoms with E-state index in [0.717, 1.165) is 30.5 Å². The van der Waals surface area contributed by atoms with Crippen LogP contribution >= 0.6 is 24.0 Å². The van der Waals surface area contributed by atoms with Crippen LogP contribution in [0.25, 0.3) is 0 Å². The van der Waals surface area contributed by atoms with Gasteiger partial charge in [0, 0.05) is 13.1 Å². The molecule has 0 heterocycles. The average Bonchev–Trinajstić information content (AvgIpc) is 2.66. The highest BCUT2D eigenvalue weighted by atomic mass is 127. The Morgan fingerprint density at radius 1 is 1.03 bits per heavy atom. The van der Waals surface area contributed by atoms with E-state index in [1.807, 2.05) is 49.4 Å². The summed E-state index contributed by atoms with van der Waals surface area (Å²) in [5, 5.41) is 6.45. The number of nitrogens with one attached hydrogen (secondary N) is 3. The third-order valence-corrected chi connectivity index (χ3v) is 4.28. The SMILES string of the molecule is CCNC(=NCc1ccccc1NS(C)(=O)=O)NCCCOc1ccccc1.I. The quantitative estimate of drug-likeness (QED) is 0.189. The summed E-state index contributed by atoms with van der Waals surface area (Å²) in [6, 6.07) is 16.9. The maximum Gasteiger partial charge on any atom is 0.229 e. The third-order valence-electron chi connectivity index (χ3n) is 3.69. The lowest BCUT2D eigenvalue weighted by atomic mass is 10.2. The number of nitrogens with zero attached hydrogens (tertiary/aromatic N) is 1. The summed E-state index contributed by atoms with van der Waals surface area (Å²) in [4.78, 5) is 4.55. The minimum atomic E-state index is -3.34. The molecule has 0 spiro atoms. The van der Waals surface area contributed by atoms with Crippen LogP contribution in [0.4, 0.5) is 5.69 Å². The third kappa shape index (κ3) is 10.4. The minimum Gasteiger partial charge on any atom is -0.494 e. The number of anilines is 1. The number of ether oxygens (including phenoxy) is 1. The van der Waals surface area contributed by atoms with Gasteiger partial charge in [-0.05, 0) is 37.1 Å². The van der Waals surface area contributed by atoms with Crippen LogP contribution in [0.15, 0.2) is 59.6 Å². The molecule has 2 aromatic carbocycles. The Labute approximate surface area is 190 Å². The fourth-order valence-corrected chi connectivity index (χ4v) is 3.05. The number of guanidine groups is 1. The van der Waals surface area contributed by atoms with Gasteiger partial charge in [-0.15, -0.1) is 24.0 Å². The molecule has 2 rings (SSSR count). The van der Waals surface area contributed by atoms with Crippen molar-refractivity contribution >= 4 is 45.6 Å². The van der Waals surface area contributed by atoms with Crippen molar-refractivity contribution in [1.82, 2.24) is 10.6 Å². The molecule has 3 N–H and O–H groups in total. The molecule has 0 aliphatic carbocycles. The van der Waals surface area contributed by atoms with Crippen LogP contribution in [0.5, 0.6) is 5.75 Å². The van der Waals surface area contributed by atoms with Gasteiger partial charge in [0.15, 0.2) is 5.96 Å². The zero-order chi connectivity index (χ0) is 20.2. The first kappa shape index (κ1) is 25.0. The van der Waals surface area contributed by atoms with Crippen molar-refractivity contribution in [2.45, 2.75) is 19.9 Å². The van der Waals surface area contributed by atoms with E-state index in [1.54, 1.807) is 12.1 Å². The van der Waals surface area contributed by atoms with Crippen LogP contribution in [0, 0.1) is 0 Å². The molecule has 29 heavy (non-hydrogen) atoms. The molecule has 0 saturated heterocycles. The molecular formula is C20H29IN4O3S. The highest BCUT2D eigenvalue weighted by molar-refractivity contribution is 14.0. The number of aliphatic imine (C=N–C) groups is 1. The van der Waals surface area contributed by atoms with Crippen molar-refractivity contribution in [2.75, 3.05) is 30.7 Å². The standard InChI is InChI=1S/C20H28N4O3S.HI/c1-3-21-20(22-14-9-15-27-18-11-5-4-6-12-18)23-16-17-10-7-8-13-19(17)24-28(2,25)26;/h4-8,10-13,24H,3,9,14-16H2,1-2H3,(H2,21,22,23);1H. The van der Waals surface area contributed by atoms with Gasteiger partial charge < -0.3 is 15.4 Å². The molecule has 0 aliphatic rings. The van der Waals surface area contributed by atoms with Gasteiger partial charge in [0.25, 0.3) is 0 Å². The molecule has 7 nitrogen and oxygen atoms in total. The molecule has 0 unspecified atom stereocenters. The van der Waals surface area contributed by atoms with Gasteiger partial charge in [0.2, 0.25) is 10.0 Å². The largest absolute Gasteiger partial charge is 0.494 e. The summed E-state index contributed by atoms with van der Waals surface area (Å²) in [6.45, 7) is 4.40. The van der Waals surface area contributed by atoms with E-state index in [-0.39, 0.29) is 24.0 Å². The average molecular weight is 532 g/mol. The number of benzene rings is 2. The zero-order valence-corrected chi connectivity index (χ0v) is 19.9. The van der Waals surface area contributed by atoms with Crippen LogP contribution in [0.1, 0.15) is 18.9 Å². The van der Waals surface area contributed by atoms with Gasteiger partial charge in [-0.3, -0.25) is 4.72 Å². The van der Waals surface area contributed by atoms with E-state index in [0.29, 0.717) is 31.3 Å². The highest BCUT2D eigenvalue weighted by Gasteiger charge is 2.07. The Kier molecular flexibility index (Phi) is 11.4. The van der Waals surface area contributed by atoms with E-state index in [4.69, 9.17) is 4.74 Å². The predicted octanol–water partition coefficient (Wildman–Crippen LogP) is 3.20. The lowest BCUT2D eigenvalue weighted by molar-refractivity contribution is 0.311. The van der Waals surface area contributed by atoms with Crippen LogP contribution in [-0.4, -0.2) is 40.3 Å². The number of hydrogen-bond acceptors (Lipinski definition) is 4. The topological polar surface area (TPSA) is 91.8 Å². The summed E-state index contributed by atoms with van der Waals surface area (Å²) < 4.78 is 31.2. The molecule has 0 fully saturated rings. The van der Waals surface area contributed by atoms with Crippen LogP contribution in [0.2, 0.25) is 0 Å². The Bertz CT molecular complexity index is 861. The molecular weight excluding hydrogens is 503 g/mol. The summed E-state index contributed by atoms with van der Waals surface area (Å²) in [6.07, 6.45) is 1.96. The molecule has 0 aromatic heterocycles. The summed E-state index contributed by atoms with van der Waals surface area (Å²) in [5.74, 6) is 1.54. The van der Waals surface area contributed by atoms with E-state index in [2.05, 4.69) is 20.3 Å². The van der Waals surface area contributed by atoms with Crippen LogP contribution in [-0.2, 0) is 16.6 Å². The number of para-hydroxylation sites is 2. The molecule has 160 valence electrons. The molecule has 0 amide bonds. The van der Waals surface area contributed by atoms with Gasteiger partial charge in [0.1, 0.15) is 5.75 Å². The highest BCUT2D eigenvalue weighted by Crippen LogP contribution is 2.17. The second-order valence-corrected chi connectivity index (χ2v) is 7.92. The van der Waals surface area contributed by atoms with E-state index in [9.17, 15) is 8.42 Å². The van der Waals surface area contributed by atoms with Crippen molar-refractivity contribution < 1.29 is 13.2 Å². The predicted molar refractivity (Wildman–Crippen MR) is 130 cm³/mol. The van der Waals surface area contributed by atoms with Crippen molar-refractivity contribution in [3.63, 3.8) is 0 Å². The van der Waals surface area contributed by atoms with E-state index < -0.39 is 10.0 Å². The van der Waals surface area contributed by atoms with Crippen molar-refractivity contribution in [3.8, 4) is 5.75 Å². The number of sulfonamides is 1. The van der Waals surface area contributed by atoms with Gasteiger partial charge in [-0.2, -0.15) is 0 Å². The first-order valence-electron chi connectivity index (χ1n) is 9.23. The van der Waals surface area contributed by atoms with Gasteiger partial charge in [0.05, 0.1) is 25.1 Å². The first-order valence-corrected chi connectivity index (χ1v) is 11.1. The molecule has 0 bridgehead atoms. The first-order chi connectivity index (χ1) is 13.5. The normalized spacial score (nSPS) is 11.3. The number of hydrogen-bond donors (Lipinski definition) is 3. The van der Waals surface area contributed by atoms with E-state index in [1.165, 1.54) is 0 Å². The molecule has 2 aromatic rings. The summed E-state index contributed by atoms with van der Waals surface area (Å²) >= 11 is 0. The zero-order valence-electron chi connectivity index (χ0n) is 16.7. The number of halogens is 1. The molecule has 0 atom stereocenters. The van der Waals surface area contributed by atoms with Crippen LogP contribution in [0.3, 0.4) is 0 Å². The lowest BCUT2D eigenvalue weighted by Gasteiger charge is -2.13. The van der Waals surface area contributed by atoms with Crippen molar-refractivity contribution in [3.05, 3.63) is 60.2 Å².